The molecule has 2 saturated heterocycles. The molecule has 2 aromatic carbocycles. The monoisotopic (exact) mass is 491 g/mol. The predicted octanol–water partition coefficient (Wildman–Crippen LogP) is 2.20. The number of carbonyl (C=O) groups excluding carboxylic acids is 1. The van der Waals surface area contributed by atoms with E-state index in [1.165, 1.54) is 4.31 Å². The average Bonchev–Trinajstić information content (AvgIpc) is 2.80. The second kappa shape index (κ2) is 10.4. The molecule has 8 nitrogen and oxygen atoms in total. The number of piperazine rings is 2. The summed E-state index contributed by atoms with van der Waals surface area (Å²) in [6.07, 6.45) is 0. The molecule has 4 rings (SSSR count). The second-order valence-corrected chi connectivity index (χ2v) is 10.7. The molecule has 1 amide bonds. The van der Waals surface area contributed by atoms with Crippen molar-refractivity contribution in [1.29, 1.82) is 0 Å². The van der Waals surface area contributed by atoms with Crippen LogP contribution in [0.3, 0.4) is 0 Å². The first-order valence-corrected chi connectivity index (χ1v) is 12.9. The summed E-state index contributed by atoms with van der Waals surface area (Å²) in [6.45, 7) is 6.10. The van der Waals surface area contributed by atoms with E-state index >= 15 is 0 Å². The van der Waals surface area contributed by atoms with Crippen LogP contribution in [0.25, 0.3) is 0 Å². The first-order valence-electron chi connectivity index (χ1n) is 11.1. The van der Waals surface area contributed by atoms with Crippen LogP contribution in [0.2, 0.25) is 5.02 Å². The Bertz CT molecular complexity index is 1060. The highest BCUT2D eigenvalue weighted by atomic mass is 35.5. The molecular weight excluding hydrogens is 462 g/mol. The molecule has 0 atom stereocenters. The highest BCUT2D eigenvalue weighted by molar-refractivity contribution is 7.90. The van der Waals surface area contributed by atoms with Gasteiger partial charge in [0.25, 0.3) is 5.91 Å². The molecule has 10 heteroatoms. The third-order valence-corrected chi connectivity index (χ3v) is 7.91. The Labute approximate surface area is 200 Å². The van der Waals surface area contributed by atoms with Crippen LogP contribution in [-0.2, 0) is 16.8 Å². The standard InChI is InChI=1S/C23H30ClN5O3S/c1-26-9-15-29(16-10-26)33(31,32)25-22-7-5-19(6-8-22)18-27-11-13-28(14-12-27)23(30)20-3-2-4-21(24)17-20/h2-8,17,25H,9-16,18H2,1H3. The fourth-order valence-electron chi connectivity index (χ4n) is 4.09. The lowest BCUT2D eigenvalue weighted by Crippen LogP contribution is -2.48. The van der Waals surface area contributed by atoms with Gasteiger partial charge in [0, 0.05) is 75.2 Å². The van der Waals surface area contributed by atoms with Crippen molar-refractivity contribution in [3.63, 3.8) is 0 Å². The number of hydrogen-bond donors (Lipinski definition) is 1. The van der Waals surface area contributed by atoms with E-state index in [1.54, 1.807) is 24.3 Å². The first kappa shape index (κ1) is 24.0. The summed E-state index contributed by atoms with van der Waals surface area (Å²) < 4.78 is 29.4. The Balaban J connectivity index is 1.27. The number of anilines is 1. The van der Waals surface area contributed by atoms with Gasteiger partial charge in [0.05, 0.1) is 0 Å². The maximum absolute atomic E-state index is 12.7. The molecule has 2 fully saturated rings. The molecule has 0 radical (unpaired) electrons. The number of halogens is 1. The van der Waals surface area contributed by atoms with Crippen molar-refractivity contribution < 1.29 is 13.2 Å². The number of benzene rings is 2. The van der Waals surface area contributed by atoms with Crippen LogP contribution < -0.4 is 4.72 Å². The van der Waals surface area contributed by atoms with Gasteiger partial charge in [-0.15, -0.1) is 0 Å². The van der Waals surface area contributed by atoms with Gasteiger partial charge in [-0.3, -0.25) is 14.4 Å². The topological polar surface area (TPSA) is 76.2 Å². The molecule has 2 aromatic rings. The predicted molar refractivity (Wildman–Crippen MR) is 131 cm³/mol. The van der Waals surface area contributed by atoms with Crippen molar-refractivity contribution in [2.75, 3.05) is 64.1 Å². The Morgan fingerprint density at radius 1 is 0.939 bits per heavy atom. The third-order valence-electron chi connectivity index (χ3n) is 6.14. The Morgan fingerprint density at radius 2 is 1.61 bits per heavy atom. The maximum Gasteiger partial charge on any atom is 0.301 e. The van der Waals surface area contributed by atoms with Crippen molar-refractivity contribution in [3.8, 4) is 0 Å². The molecular formula is C23H30ClN5O3S. The number of likely N-dealkylation sites (N-methyl/N-ethyl adjacent to an activating group) is 1. The Hall–Kier alpha value is -2.17. The van der Waals surface area contributed by atoms with E-state index in [1.807, 2.05) is 36.2 Å². The summed E-state index contributed by atoms with van der Waals surface area (Å²) in [6, 6.07) is 14.6. The van der Waals surface area contributed by atoms with E-state index in [4.69, 9.17) is 11.6 Å². The van der Waals surface area contributed by atoms with Gasteiger partial charge in [-0.2, -0.15) is 12.7 Å². The number of amides is 1. The normalized spacial score (nSPS) is 18.9. The summed E-state index contributed by atoms with van der Waals surface area (Å²) in [7, 11) is -1.55. The molecule has 2 aliphatic heterocycles. The van der Waals surface area contributed by atoms with Crippen LogP contribution >= 0.6 is 11.6 Å². The Morgan fingerprint density at radius 3 is 2.24 bits per heavy atom. The summed E-state index contributed by atoms with van der Waals surface area (Å²) in [5, 5.41) is 0.564. The number of rotatable bonds is 6. The van der Waals surface area contributed by atoms with Crippen molar-refractivity contribution in [2.24, 2.45) is 0 Å². The summed E-state index contributed by atoms with van der Waals surface area (Å²) in [4.78, 5) is 19.0. The number of nitrogens with zero attached hydrogens (tertiary/aromatic N) is 4. The van der Waals surface area contributed by atoms with E-state index in [9.17, 15) is 13.2 Å². The molecule has 0 saturated carbocycles. The molecule has 178 valence electrons. The van der Waals surface area contributed by atoms with Gasteiger partial charge in [-0.1, -0.05) is 29.8 Å². The summed E-state index contributed by atoms with van der Waals surface area (Å²) in [5.41, 5.74) is 2.28. The second-order valence-electron chi connectivity index (χ2n) is 8.59. The van der Waals surface area contributed by atoms with Gasteiger partial charge < -0.3 is 9.80 Å². The quantitative estimate of drug-likeness (QED) is 0.670. The molecule has 1 N–H and O–H groups in total. The van der Waals surface area contributed by atoms with Crippen LogP contribution in [0, 0.1) is 0 Å². The molecule has 2 aliphatic rings. The van der Waals surface area contributed by atoms with Gasteiger partial charge in [-0.25, -0.2) is 0 Å². The van der Waals surface area contributed by atoms with Gasteiger partial charge in [0.1, 0.15) is 0 Å². The van der Waals surface area contributed by atoms with Gasteiger partial charge in [-0.05, 0) is 42.9 Å². The van der Waals surface area contributed by atoms with Crippen molar-refractivity contribution in [1.82, 2.24) is 19.0 Å². The molecule has 0 unspecified atom stereocenters. The van der Waals surface area contributed by atoms with Gasteiger partial charge in [0.2, 0.25) is 0 Å². The van der Waals surface area contributed by atoms with Crippen LogP contribution in [0.5, 0.6) is 0 Å². The van der Waals surface area contributed by atoms with Crippen molar-refractivity contribution in [3.05, 3.63) is 64.7 Å². The van der Waals surface area contributed by atoms with Crippen LogP contribution in [-0.4, -0.2) is 92.7 Å². The summed E-state index contributed by atoms with van der Waals surface area (Å²) in [5.74, 6) is 0.00846. The highest BCUT2D eigenvalue weighted by Gasteiger charge is 2.26. The number of carbonyl (C=O) groups is 1. The minimum absolute atomic E-state index is 0.00846. The highest BCUT2D eigenvalue weighted by Crippen LogP contribution is 2.18. The fourth-order valence-corrected chi connectivity index (χ4v) is 5.49. The van der Waals surface area contributed by atoms with Gasteiger partial charge in [0.15, 0.2) is 0 Å². The van der Waals surface area contributed by atoms with Crippen LogP contribution in [0.1, 0.15) is 15.9 Å². The molecule has 2 heterocycles. The lowest BCUT2D eigenvalue weighted by Gasteiger charge is -2.35. The zero-order chi connectivity index (χ0) is 23.4. The molecule has 0 aliphatic carbocycles. The third kappa shape index (κ3) is 6.24. The average molecular weight is 492 g/mol. The van der Waals surface area contributed by atoms with Crippen LogP contribution in [0.15, 0.2) is 48.5 Å². The zero-order valence-corrected chi connectivity index (χ0v) is 20.4. The van der Waals surface area contributed by atoms with E-state index in [0.717, 1.165) is 38.3 Å². The maximum atomic E-state index is 12.7. The minimum Gasteiger partial charge on any atom is -0.336 e. The largest absolute Gasteiger partial charge is 0.336 e. The fraction of sp³-hybridized carbons (Fsp3) is 0.435. The molecule has 0 aromatic heterocycles. The van der Waals surface area contributed by atoms with E-state index < -0.39 is 10.2 Å². The zero-order valence-electron chi connectivity index (χ0n) is 18.8. The van der Waals surface area contributed by atoms with Crippen molar-refractivity contribution in [2.45, 2.75) is 6.54 Å². The first-order chi connectivity index (χ1) is 15.8. The number of nitrogens with one attached hydrogen (secondary N) is 1. The lowest BCUT2D eigenvalue weighted by atomic mass is 10.1. The van der Waals surface area contributed by atoms with E-state index in [2.05, 4.69) is 14.5 Å². The number of hydrogen-bond acceptors (Lipinski definition) is 5. The van der Waals surface area contributed by atoms with E-state index in [-0.39, 0.29) is 5.91 Å². The lowest BCUT2D eigenvalue weighted by molar-refractivity contribution is 0.0628. The van der Waals surface area contributed by atoms with E-state index in [0.29, 0.717) is 42.5 Å². The minimum atomic E-state index is -3.54. The molecule has 0 spiro atoms. The van der Waals surface area contributed by atoms with Crippen LogP contribution in [0.4, 0.5) is 5.69 Å². The smallest absolute Gasteiger partial charge is 0.301 e. The SMILES string of the molecule is CN1CCN(S(=O)(=O)Nc2ccc(CN3CCN(C(=O)c4cccc(Cl)c4)CC3)cc2)CC1. The Kier molecular flexibility index (Phi) is 7.55. The van der Waals surface area contributed by atoms with Gasteiger partial charge >= 0.3 is 10.2 Å². The summed E-state index contributed by atoms with van der Waals surface area (Å²) >= 11 is 6.01. The molecule has 33 heavy (non-hydrogen) atoms. The molecule has 0 bridgehead atoms. The van der Waals surface area contributed by atoms with Crippen molar-refractivity contribution >= 4 is 33.4 Å².